The molecule has 1 aromatic rings. The lowest BCUT2D eigenvalue weighted by Crippen LogP contribution is -1.89. The lowest BCUT2D eigenvalue weighted by molar-refractivity contribution is 1.25. The highest BCUT2D eigenvalue weighted by Gasteiger charge is 1.96. The highest BCUT2D eigenvalue weighted by atomic mass is 35.5. The first-order valence-corrected chi connectivity index (χ1v) is 6.21. The number of hydrogen-bond acceptors (Lipinski definition) is 1. The summed E-state index contributed by atoms with van der Waals surface area (Å²) in [6, 6.07) is 7.90. The van der Waals surface area contributed by atoms with Crippen LogP contribution in [-0.4, -0.2) is 11.0 Å². The van der Waals surface area contributed by atoms with E-state index < -0.39 is 0 Å². The molecule has 0 saturated heterocycles. The minimum Gasteiger partial charge on any atom is -0.155 e. The predicted octanol–water partition coefficient (Wildman–Crippen LogP) is 4.49. The fourth-order valence-corrected chi connectivity index (χ4v) is 2.08. The molecule has 0 bridgehead atoms. The molecular formula is C12H15ClS. The second kappa shape index (κ2) is 6.15. The lowest BCUT2D eigenvalue weighted by Gasteiger charge is -2.03. The molecule has 0 aliphatic carbocycles. The van der Waals surface area contributed by atoms with Crippen molar-refractivity contribution in [1.82, 2.24) is 0 Å². The van der Waals surface area contributed by atoms with Crippen LogP contribution in [0.2, 0.25) is 5.02 Å². The van der Waals surface area contributed by atoms with Crippen LogP contribution in [0.15, 0.2) is 30.3 Å². The summed E-state index contributed by atoms with van der Waals surface area (Å²) in [6.45, 7) is 4.37. The minimum absolute atomic E-state index is 0.552. The van der Waals surface area contributed by atoms with Crippen LogP contribution < -0.4 is 0 Å². The highest BCUT2D eigenvalue weighted by Crippen LogP contribution is 2.18. The van der Waals surface area contributed by atoms with Crippen LogP contribution in [0.4, 0.5) is 0 Å². The average molecular weight is 227 g/mol. The van der Waals surface area contributed by atoms with Crippen LogP contribution in [0, 0.1) is 0 Å². The van der Waals surface area contributed by atoms with E-state index in [1.807, 2.05) is 36.0 Å². The highest BCUT2D eigenvalue weighted by molar-refractivity contribution is 8.00. The summed E-state index contributed by atoms with van der Waals surface area (Å²) in [5, 5.41) is 1.37. The molecule has 0 amide bonds. The maximum atomic E-state index is 6.03. The third-order valence-corrected chi connectivity index (χ3v) is 3.24. The SMILES string of the molecule is CCSC(C)/C=C/c1ccccc1Cl. The van der Waals surface area contributed by atoms with Crippen molar-refractivity contribution in [2.75, 3.05) is 5.75 Å². The fraction of sp³-hybridized carbons (Fsp3) is 0.333. The van der Waals surface area contributed by atoms with Crippen molar-refractivity contribution >= 4 is 29.4 Å². The van der Waals surface area contributed by atoms with E-state index >= 15 is 0 Å². The van der Waals surface area contributed by atoms with Crippen molar-refractivity contribution in [3.63, 3.8) is 0 Å². The summed E-state index contributed by atoms with van der Waals surface area (Å²) in [5.74, 6) is 1.15. The van der Waals surface area contributed by atoms with Crippen LogP contribution in [0.25, 0.3) is 6.08 Å². The fourth-order valence-electron chi connectivity index (χ4n) is 1.17. The number of rotatable bonds is 4. The molecule has 76 valence electrons. The predicted molar refractivity (Wildman–Crippen MR) is 68.1 cm³/mol. The van der Waals surface area contributed by atoms with E-state index in [1.54, 1.807) is 0 Å². The molecule has 0 nitrogen and oxygen atoms in total. The van der Waals surface area contributed by atoms with Crippen molar-refractivity contribution in [3.8, 4) is 0 Å². The zero-order chi connectivity index (χ0) is 10.4. The van der Waals surface area contributed by atoms with E-state index in [9.17, 15) is 0 Å². The van der Waals surface area contributed by atoms with E-state index in [2.05, 4.69) is 26.0 Å². The third kappa shape index (κ3) is 3.77. The Morgan fingerprint density at radius 3 is 2.79 bits per heavy atom. The smallest absolute Gasteiger partial charge is 0.0478 e. The summed E-state index contributed by atoms with van der Waals surface area (Å²) >= 11 is 7.95. The molecule has 14 heavy (non-hydrogen) atoms. The summed E-state index contributed by atoms with van der Waals surface area (Å²) in [4.78, 5) is 0. The quantitative estimate of drug-likeness (QED) is 0.729. The van der Waals surface area contributed by atoms with Gasteiger partial charge in [-0.15, -0.1) is 0 Å². The Kier molecular flexibility index (Phi) is 5.13. The molecule has 0 radical (unpaired) electrons. The number of benzene rings is 1. The second-order valence-electron chi connectivity index (χ2n) is 3.04. The zero-order valence-corrected chi connectivity index (χ0v) is 10.1. The Bertz CT molecular complexity index is 307. The van der Waals surface area contributed by atoms with Crippen LogP contribution in [0.5, 0.6) is 0 Å². The monoisotopic (exact) mass is 226 g/mol. The Morgan fingerprint density at radius 2 is 2.14 bits per heavy atom. The van der Waals surface area contributed by atoms with E-state index in [4.69, 9.17) is 11.6 Å². The summed E-state index contributed by atoms with van der Waals surface area (Å²) in [7, 11) is 0. The Hall–Kier alpha value is -0.400. The Labute approximate surface area is 95.4 Å². The average Bonchev–Trinajstić information content (AvgIpc) is 2.17. The molecular weight excluding hydrogens is 212 g/mol. The molecule has 0 aliphatic rings. The van der Waals surface area contributed by atoms with Gasteiger partial charge in [-0.2, -0.15) is 11.8 Å². The number of hydrogen-bond donors (Lipinski definition) is 0. The van der Waals surface area contributed by atoms with Gasteiger partial charge in [0.25, 0.3) is 0 Å². The molecule has 1 unspecified atom stereocenters. The van der Waals surface area contributed by atoms with Gasteiger partial charge in [-0.1, -0.05) is 48.9 Å². The van der Waals surface area contributed by atoms with Gasteiger partial charge in [-0.25, -0.2) is 0 Å². The van der Waals surface area contributed by atoms with E-state index in [0.717, 1.165) is 16.3 Å². The number of thioether (sulfide) groups is 1. The third-order valence-electron chi connectivity index (χ3n) is 1.88. The molecule has 0 heterocycles. The van der Waals surface area contributed by atoms with Gasteiger partial charge in [0, 0.05) is 10.3 Å². The van der Waals surface area contributed by atoms with Crippen molar-refractivity contribution in [1.29, 1.82) is 0 Å². The van der Waals surface area contributed by atoms with Gasteiger partial charge in [-0.3, -0.25) is 0 Å². The first-order chi connectivity index (χ1) is 6.74. The van der Waals surface area contributed by atoms with Crippen LogP contribution in [-0.2, 0) is 0 Å². The van der Waals surface area contributed by atoms with E-state index in [1.165, 1.54) is 0 Å². The molecule has 0 N–H and O–H groups in total. The maximum Gasteiger partial charge on any atom is 0.0478 e. The molecule has 1 aromatic carbocycles. The summed E-state index contributed by atoms with van der Waals surface area (Å²) in [6.07, 6.45) is 4.28. The van der Waals surface area contributed by atoms with Crippen molar-refractivity contribution in [2.24, 2.45) is 0 Å². The van der Waals surface area contributed by atoms with Gasteiger partial charge in [-0.05, 0) is 24.3 Å². The molecule has 1 atom stereocenters. The summed E-state index contributed by atoms with van der Waals surface area (Å²) in [5.41, 5.74) is 1.10. The van der Waals surface area contributed by atoms with Gasteiger partial charge in [0.1, 0.15) is 0 Å². The normalized spacial score (nSPS) is 13.4. The lowest BCUT2D eigenvalue weighted by atomic mass is 10.2. The molecule has 2 heteroatoms. The molecule has 0 aliphatic heterocycles. The molecule has 0 aromatic heterocycles. The first-order valence-electron chi connectivity index (χ1n) is 4.78. The summed E-state index contributed by atoms with van der Waals surface area (Å²) < 4.78 is 0. The molecule has 1 rings (SSSR count). The van der Waals surface area contributed by atoms with Crippen molar-refractivity contribution in [3.05, 3.63) is 40.9 Å². The van der Waals surface area contributed by atoms with E-state index in [-0.39, 0.29) is 0 Å². The van der Waals surface area contributed by atoms with Crippen molar-refractivity contribution < 1.29 is 0 Å². The second-order valence-corrected chi connectivity index (χ2v) is 5.10. The largest absolute Gasteiger partial charge is 0.155 e. The topological polar surface area (TPSA) is 0 Å². The van der Waals surface area contributed by atoms with Gasteiger partial charge in [0.05, 0.1) is 0 Å². The van der Waals surface area contributed by atoms with Gasteiger partial charge in [0.2, 0.25) is 0 Å². The van der Waals surface area contributed by atoms with Crippen LogP contribution in [0.1, 0.15) is 19.4 Å². The van der Waals surface area contributed by atoms with Gasteiger partial charge < -0.3 is 0 Å². The zero-order valence-electron chi connectivity index (χ0n) is 8.53. The molecule has 0 saturated carbocycles. The van der Waals surface area contributed by atoms with Gasteiger partial charge in [0.15, 0.2) is 0 Å². The first kappa shape index (κ1) is 11.7. The molecule has 0 fully saturated rings. The standard InChI is InChI=1S/C12H15ClS/c1-3-14-10(2)8-9-11-6-4-5-7-12(11)13/h4-10H,3H2,1-2H3/b9-8+. The van der Waals surface area contributed by atoms with Crippen LogP contribution in [0.3, 0.4) is 0 Å². The molecule has 0 spiro atoms. The van der Waals surface area contributed by atoms with E-state index in [0.29, 0.717) is 5.25 Å². The maximum absolute atomic E-state index is 6.03. The minimum atomic E-state index is 0.552. The van der Waals surface area contributed by atoms with Gasteiger partial charge >= 0.3 is 0 Å². The van der Waals surface area contributed by atoms with Crippen molar-refractivity contribution in [2.45, 2.75) is 19.1 Å². The van der Waals surface area contributed by atoms with Crippen LogP contribution >= 0.6 is 23.4 Å². The Morgan fingerprint density at radius 1 is 1.43 bits per heavy atom. The number of halogens is 1. The Balaban J connectivity index is 2.64.